The Morgan fingerprint density at radius 1 is 1.50 bits per heavy atom. The van der Waals surface area contributed by atoms with Crippen molar-refractivity contribution in [3.63, 3.8) is 0 Å². The lowest BCUT2D eigenvalue weighted by molar-refractivity contribution is -0.404. The van der Waals surface area contributed by atoms with Gasteiger partial charge in [-0.25, -0.2) is 0 Å². The second-order valence-electron chi connectivity index (χ2n) is 4.31. The van der Waals surface area contributed by atoms with Crippen LogP contribution in [0.5, 0.6) is 0 Å². The van der Waals surface area contributed by atoms with Crippen molar-refractivity contribution in [2.45, 2.75) is 12.0 Å². The molecular weight excluding hydrogens is 310 g/mol. The van der Waals surface area contributed by atoms with Crippen molar-refractivity contribution >= 4 is 11.8 Å². The molecule has 0 amide bonds. The van der Waals surface area contributed by atoms with Gasteiger partial charge in [-0.3, -0.25) is 20.7 Å². The van der Waals surface area contributed by atoms with Crippen LogP contribution in [0.2, 0.25) is 0 Å². The summed E-state index contributed by atoms with van der Waals surface area (Å²) in [6.45, 7) is 1.63. The zero-order valence-corrected chi connectivity index (χ0v) is 13.0. The van der Waals surface area contributed by atoms with Gasteiger partial charge < -0.3 is 13.9 Å². The van der Waals surface area contributed by atoms with Crippen LogP contribution in [0.4, 0.5) is 0 Å². The van der Waals surface area contributed by atoms with E-state index in [2.05, 4.69) is 10.6 Å². The maximum absolute atomic E-state index is 10.3. The first-order valence-corrected chi connectivity index (χ1v) is 7.86. The van der Waals surface area contributed by atoms with Gasteiger partial charge in [0, 0.05) is 12.8 Å². The van der Waals surface area contributed by atoms with E-state index < -0.39 is 11.2 Å². The van der Waals surface area contributed by atoms with E-state index in [-0.39, 0.29) is 5.82 Å². The largest absolute Gasteiger partial charge is 0.460 e. The topological polar surface area (TPSA) is 103 Å². The lowest BCUT2D eigenvalue weighted by Gasteiger charge is -2.05. The molecule has 0 N–H and O–H groups in total. The van der Waals surface area contributed by atoms with E-state index >= 15 is 0 Å². The molecule has 120 valence electrons. The molecule has 0 atom stereocenters. The van der Waals surface area contributed by atoms with E-state index in [4.69, 9.17) is 13.9 Å². The molecule has 2 rings (SSSR count). The van der Waals surface area contributed by atoms with Crippen LogP contribution < -0.4 is 10.6 Å². The van der Waals surface area contributed by atoms with Gasteiger partial charge >= 0.3 is 0 Å². The molecule has 1 saturated heterocycles. The zero-order valence-electron chi connectivity index (χ0n) is 12.1. The van der Waals surface area contributed by atoms with Gasteiger partial charge in [-0.1, -0.05) is 0 Å². The zero-order chi connectivity index (χ0) is 15.8. The normalized spacial score (nSPS) is 16.0. The Morgan fingerprint density at radius 2 is 2.27 bits per heavy atom. The molecular formula is C13H17N3O5S. The molecule has 1 aliphatic heterocycles. The third kappa shape index (κ3) is 5.24. The predicted molar refractivity (Wildman–Crippen MR) is 79.7 cm³/mol. The summed E-state index contributed by atoms with van der Waals surface area (Å²) in [5, 5.41) is 18.1. The van der Waals surface area contributed by atoms with E-state index in [0.717, 1.165) is 17.7 Å². The fraction of sp³-hybridized carbons (Fsp3) is 0.538. The smallest absolute Gasteiger partial charge is 0.278 e. The van der Waals surface area contributed by atoms with Crippen LogP contribution in [0.1, 0.15) is 17.8 Å². The van der Waals surface area contributed by atoms with Crippen molar-refractivity contribution in [3.05, 3.63) is 45.8 Å². The Morgan fingerprint density at radius 3 is 2.95 bits per heavy atom. The summed E-state index contributed by atoms with van der Waals surface area (Å²) in [6.07, 6.45) is 0.403. The number of nitro groups is 1. The highest BCUT2D eigenvalue weighted by Crippen LogP contribution is 2.26. The van der Waals surface area contributed by atoms with E-state index in [1.807, 2.05) is 12.1 Å². The van der Waals surface area contributed by atoms with Gasteiger partial charge in [0.1, 0.15) is 5.76 Å². The molecule has 0 aromatic carbocycles. The maximum Gasteiger partial charge on any atom is 0.278 e. The SMILES string of the molecule is C[N]C(=C[N+](=O)[O-])[N]CCSCc1ccc(C2OCCO2)o1. The summed E-state index contributed by atoms with van der Waals surface area (Å²) in [4.78, 5) is 9.77. The number of rotatable bonds is 9. The highest BCUT2D eigenvalue weighted by atomic mass is 32.2. The standard InChI is InChI=1S/C13H17N3O5S/c1-14-12(8-16(17)18)15-4-7-22-9-10-2-3-11(21-10)13-19-5-6-20-13/h2-3,8,13H,4-7,9H2,1H3. The van der Waals surface area contributed by atoms with Gasteiger partial charge in [0.2, 0.25) is 12.1 Å². The molecule has 9 heteroatoms. The highest BCUT2D eigenvalue weighted by Gasteiger charge is 2.21. The molecule has 1 fully saturated rings. The van der Waals surface area contributed by atoms with Gasteiger partial charge in [-0.2, -0.15) is 11.8 Å². The van der Waals surface area contributed by atoms with Crippen LogP contribution in [0.25, 0.3) is 0 Å². The summed E-state index contributed by atoms with van der Waals surface area (Å²) >= 11 is 1.63. The van der Waals surface area contributed by atoms with Crippen molar-refractivity contribution in [2.24, 2.45) is 0 Å². The molecule has 1 aromatic heterocycles. The average molecular weight is 327 g/mol. The number of furan rings is 1. The number of hydrogen-bond acceptors (Lipinski definition) is 6. The van der Waals surface area contributed by atoms with Crippen molar-refractivity contribution < 1.29 is 18.8 Å². The van der Waals surface area contributed by atoms with E-state index in [1.54, 1.807) is 11.8 Å². The third-order valence-electron chi connectivity index (χ3n) is 2.74. The minimum absolute atomic E-state index is 0.140. The summed E-state index contributed by atoms with van der Waals surface area (Å²) in [5.41, 5.74) is 0. The Balaban J connectivity index is 1.65. The molecule has 1 aliphatic rings. The van der Waals surface area contributed by atoms with E-state index in [1.165, 1.54) is 7.05 Å². The maximum atomic E-state index is 10.3. The first kappa shape index (κ1) is 16.7. The van der Waals surface area contributed by atoms with Crippen LogP contribution in [0, 0.1) is 10.1 Å². The Bertz CT molecular complexity index is 514. The monoisotopic (exact) mass is 327 g/mol. The fourth-order valence-corrected chi connectivity index (χ4v) is 2.50. The van der Waals surface area contributed by atoms with Crippen molar-refractivity contribution in [1.82, 2.24) is 10.6 Å². The van der Waals surface area contributed by atoms with Gasteiger partial charge in [0.15, 0.2) is 5.76 Å². The fourth-order valence-electron chi connectivity index (χ4n) is 1.78. The number of nitrogens with zero attached hydrogens (tertiary/aromatic N) is 3. The molecule has 2 radical (unpaired) electrons. The molecule has 0 unspecified atom stereocenters. The molecule has 0 spiro atoms. The van der Waals surface area contributed by atoms with E-state index in [0.29, 0.717) is 31.3 Å². The summed E-state index contributed by atoms with van der Waals surface area (Å²) < 4.78 is 16.4. The molecule has 22 heavy (non-hydrogen) atoms. The lowest BCUT2D eigenvalue weighted by Crippen LogP contribution is -2.16. The quantitative estimate of drug-likeness (QED) is 0.386. The average Bonchev–Trinajstić information content (AvgIpc) is 3.16. The van der Waals surface area contributed by atoms with Crippen LogP contribution in [-0.4, -0.2) is 37.5 Å². The van der Waals surface area contributed by atoms with Gasteiger partial charge in [-0.15, -0.1) is 0 Å². The van der Waals surface area contributed by atoms with Gasteiger partial charge in [-0.05, 0) is 12.1 Å². The van der Waals surface area contributed by atoms with Crippen molar-refractivity contribution in [2.75, 3.05) is 32.6 Å². The van der Waals surface area contributed by atoms with Gasteiger partial charge in [0.25, 0.3) is 6.20 Å². The summed E-state index contributed by atoms with van der Waals surface area (Å²) in [5.74, 6) is 3.07. The highest BCUT2D eigenvalue weighted by molar-refractivity contribution is 7.98. The molecule has 8 nitrogen and oxygen atoms in total. The molecule has 0 bridgehead atoms. The molecule has 2 heterocycles. The van der Waals surface area contributed by atoms with Crippen molar-refractivity contribution in [1.29, 1.82) is 0 Å². The lowest BCUT2D eigenvalue weighted by atomic mass is 10.4. The minimum atomic E-state index is -0.559. The van der Waals surface area contributed by atoms with Crippen LogP contribution >= 0.6 is 11.8 Å². The Hall–Kier alpha value is -1.71. The first-order valence-electron chi connectivity index (χ1n) is 6.71. The van der Waals surface area contributed by atoms with Crippen molar-refractivity contribution in [3.8, 4) is 0 Å². The predicted octanol–water partition coefficient (Wildman–Crippen LogP) is 1.47. The number of hydrogen-bond donors (Lipinski definition) is 0. The van der Waals surface area contributed by atoms with Crippen LogP contribution in [-0.2, 0) is 15.2 Å². The third-order valence-corrected chi connectivity index (χ3v) is 3.70. The van der Waals surface area contributed by atoms with Crippen LogP contribution in [0.3, 0.4) is 0 Å². The number of ether oxygens (including phenoxy) is 2. The van der Waals surface area contributed by atoms with Gasteiger partial charge in [0.05, 0.1) is 30.4 Å². The van der Waals surface area contributed by atoms with E-state index in [9.17, 15) is 10.1 Å². The second-order valence-corrected chi connectivity index (χ2v) is 5.41. The Kier molecular flexibility index (Phi) is 6.56. The number of thioether (sulfide) groups is 1. The molecule has 0 aliphatic carbocycles. The summed E-state index contributed by atoms with van der Waals surface area (Å²) in [6, 6.07) is 3.74. The minimum Gasteiger partial charge on any atom is -0.460 e. The van der Waals surface area contributed by atoms with Crippen LogP contribution in [0.15, 0.2) is 28.6 Å². The second kappa shape index (κ2) is 8.66. The molecule has 0 saturated carbocycles. The summed E-state index contributed by atoms with van der Waals surface area (Å²) in [7, 11) is 1.48. The first-order chi connectivity index (χ1) is 10.7. The Labute approximate surface area is 132 Å². The molecule has 1 aromatic rings.